The highest BCUT2D eigenvalue weighted by Crippen LogP contribution is 2.38. The molecule has 0 radical (unpaired) electrons. The van der Waals surface area contributed by atoms with Crippen molar-refractivity contribution in [2.45, 2.75) is 69.9 Å². The molecule has 1 aromatic rings. The fourth-order valence-corrected chi connectivity index (χ4v) is 6.20. The molecular formula is C22H32F2Si. The minimum absolute atomic E-state index is 0.230. The van der Waals surface area contributed by atoms with Gasteiger partial charge in [-0.1, -0.05) is 43.7 Å². The molecule has 0 nitrogen and oxygen atoms in total. The van der Waals surface area contributed by atoms with Crippen LogP contribution in [0.2, 0.25) is 12.6 Å². The van der Waals surface area contributed by atoms with Gasteiger partial charge in [-0.05, 0) is 79.9 Å². The Hall–Kier alpha value is -0.963. The van der Waals surface area contributed by atoms with Gasteiger partial charge in [-0.15, -0.1) is 0 Å². The Balaban J connectivity index is 1.44. The molecule has 1 aromatic carbocycles. The Morgan fingerprint density at radius 3 is 2.04 bits per heavy atom. The zero-order valence-corrected chi connectivity index (χ0v) is 16.9. The Labute approximate surface area is 153 Å². The largest absolute Gasteiger partial charge is 0.204 e. The molecule has 25 heavy (non-hydrogen) atoms. The van der Waals surface area contributed by atoms with Gasteiger partial charge < -0.3 is 0 Å². The molecule has 0 atom stereocenters. The van der Waals surface area contributed by atoms with Crippen molar-refractivity contribution in [2.75, 3.05) is 0 Å². The normalized spacial score (nSPS) is 31.2. The maximum atomic E-state index is 13.4. The molecule has 2 fully saturated rings. The Bertz CT molecular complexity index is 567. The van der Waals surface area contributed by atoms with Crippen LogP contribution in [0.5, 0.6) is 0 Å². The van der Waals surface area contributed by atoms with E-state index in [9.17, 15) is 8.78 Å². The number of benzene rings is 1. The van der Waals surface area contributed by atoms with E-state index in [1.807, 2.05) is 0 Å². The van der Waals surface area contributed by atoms with Crippen molar-refractivity contribution in [2.24, 2.45) is 17.8 Å². The molecule has 0 spiro atoms. The van der Waals surface area contributed by atoms with E-state index in [0.717, 1.165) is 30.2 Å². The molecule has 2 aliphatic carbocycles. The van der Waals surface area contributed by atoms with Gasteiger partial charge in [0, 0.05) is 9.52 Å². The summed E-state index contributed by atoms with van der Waals surface area (Å²) in [6.45, 7) is 2.43. The lowest BCUT2D eigenvalue weighted by Crippen LogP contribution is -2.15. The highest BCUT2D eigenvalue weighted by Gasteiger charge is 2.23. The van der Waals surface area contributed by atoms with Crippen LogP contribution < -0.4 is 0 Å². The summed E-state index contributed by atoms with van der Waals surface area (Å²) in [6, 6.07) is 5.98. The highest BCUT2D eigenvalue weighted by molar-refractivity contribution is 6.33. The van der Waals surface area contributed by atoms with Gasteiger partial charge in [0.2, 0.25) is 0 Å². The zero-order valence-electron chi connectivity index (χ0n) is 15.5. The molecule has 3 rings (SSSR count). The second-order valence-electron chi connectivity index (χ2n) is 8.24. The van der Waals surface area contributed by atoms with Gasteiger partial charge in [-0.25, -0.2) is 8.78 Å². The lowest BCUT2D eigenvalue weighted by molar-refractivity contribution is 0.326. The van der Waals surface area contributed by atoms with Crippen molar-refractivity contribution in [1.82, 2.24) is 0 Å². The summed E-state index contributed by atoms with van der Waals surface area (Å²) in [4.78, 5) is 0. The van der Waals surface area contributed by atoms with Crippen LogP contribution in [-0.4, -0.2) is 9.52 Å². The van der Waals surface area contributed by atoms with E-state index in [4.69, 9.17) is 0 Å². The van der Waals surface area contributed by atoms with E-state index >= 15 is 0 Å². The first kappa shape index (κ1) is 18.8. The van der Waals surface area contributed by atoms with Crippen LogP contribution >= 0.6 is 0 Å². The van der Waals surface area contributed by atoms with Gasteiger partial charge >= 0.3 is 0 Å². The Morgan fingerprint density at radius 2 is 1.48 bits per heavy atom. The highest BCUT2D eigenvalue weighted by atomic mass is 28.2. The van der Waals surface area contributed by atoms with Crippen molar-refractivity contribution >= 4 is 9.52 Å². The maximum Gasteiger partial charge on any atom is 0.159 e. The molecular weight excluding hydrogens is 330 g/mol. The standard InChI is InChI=1S/C22H32F2Si/c1-25-15-18-6-4-16(5-7-18)2-3-17-8-10-19(11-9-17)20-12-13-21(23)22(24)14-20/h2-3,12-14,16-19H,4-11,15,25H2,1H3. The summed E-state index contributed by atoms with van der Waals surface area (Å²) in [6.07, 6.45) is 15.2. The fourth-order valence-electron chi connectivity index (χ4n) is 4.80. The lowest BCUT2D eigenvalue weighted by Gasteiger charge is -2.29. The van der Waals surface area contributed by atoms with Crippen LogP contribution in [0.25, 0.3) is 0 Å². The molecule has 0 saturated heterocycles. The zero-order chi connectivity index (χ0) is 17.6. The van der Waals surface area contributed by atoms with Crippen LogP contribution in [0.15, 0.2) is 30.4 Å². The fraction of sp³-hybridized carbons (Fsp3) is 0.636. The molecule has 2 aliphatic rings. The van der Waals surface area contributed by atoms with Gasteiger partial charge in [0.05, 0.1) is 0 Å². The second-order valence-corrected chi connectivity index (χ2v) is 9.82. The van der Waals surface area contributed by atoms with Crippen LogP contribution in [0.4, 0.5) is 8.78 Å². The van der Waals surface area contributed by atoms with Gasteiger partial charge in [0.1, 0.15) is 0 Å². The number of hydrogen-bond donors (Lipinski definition) is 0. The topological polar surface area (TPSA) is 0 Å². The molecule has 2 saturated carbocycles. The van der Waals surface area contributed by atoms with E-state index in [0.29, 0.717) is 11.8 Å². The first-order chi connectivity index (χ1) is 12.2. The van der Waals surface area contributed by atoms with Gasteiger partial charge in [0.25, 0.3) is 0 Å². The molecule has 0 bridgehead atoms. The second kappa shape index (κ2) is 9.11. The smallest absolute Gasteiger partial charge is 0.159 e. The van der Waals surface area contributed by atoms with Crippen molar-refractivity contribution in [3.63, 3.8) is 0 Å². The van der Waals surface area contributed by atoms with E-state index in [2.05, 4.69) is 18.7 Å². The van der Waals surface area contributed by atoms with Crippen LogP contribution in [-0.2, 0) is 0 Å². The van der Waals surface area contributed by atoms with Crippen molar-refractivity contribution < 1.29 is 8.78 Å². The average Bonchev–Trinajstić information content (AvgIpc) is 2.64. The minimum atomic E-state index is -0.739. The van der Waals surface area contributed by atoms with E-state index < -0.39 is 11.6 Å². The summed E-state index contributed by atoms with van der Waals surface area (Å²) in [7, 11) is 0.230. The number of rotatable bonds is 5. The predicted octanol–water partition coefficient (Wildman–Crippen LogP) is 6.24. The van der Waals surface area contributed by atoms with E-state index in [-0.39, 0.29) is 9.52 Å². The van der Waals surface area contributed by atoms with Gasteiger partial charge in [-0.3, -0.25) is 0 Å². The molecule has 0 amide bonds. The average molecular weight is 363 g/mol. The summed E-state index contributed by atoms with van der Waals surface area (Å²) < 4.78 is 26.5. The molecule has 138 valence electrons. The third-order valence-electron chi connectivity index (χ3n) is 6.43. The molecule has 0 aliphatic heterocycles. The van der Waals surface area contributed by atoms with E-state index in [1.54, 1.807) is 12.1 Å². The molecule has 0 unspecified atom stereocenters. The van der Waals surface area contributed by atoms with Gasteiger partial charge in [-0.2, -0.15) is 0 Å². The monoisotopic (exact) mass is 362 g/mol. The number of halogens is 2. The predicted molar refractivity (Wildman–Crippen MR) is 105 cm³/mol. The number of hydrogen-bond acceptors (Lipinski definition) is 0. The Kier molecular flexibility index (Phi) is 6.86. The Morgan fingerprint density at radius 1 is 0.880 bits per heavy atom. The van der Waals surface area contributed by atoms with Crippen LogP contribution in [0.1, 0.15) is 62.8 Å². The lowest BCUT2D eigenvalue weighted by atomic mass is 9.77. The van der Waals surface area contributed by atoms with Crippen molar-refractivity contribution in [3.8, 4) is 0 Å². The van der Waals surface area contributed by atoms with Crippen LogP contribution in [0, 0.1) is 29.4 Å². The minimum Gasteiger partial charge on any atom is -0.204 e. The molecule has 0 N–H and O–H groups in total. The first-order valence-corrected chi connectivity index (χ1v) is 12.7. The maximum absolute atomic E-state index is 13.4. The summed E-state index contributed by atoms with van der Waals surface area (Å²) in [5, 5.41) is 0. The SMILES string of the molecule is C[SiH2]CC1CCC(C=CC2CCC(c3ccc(F)c(F)c3)CC2)CC1. The van der Waals surface area contributed by atoms with Gasteiger partial charge in [0.15, 0.2) is 11.6 Å². The molecule has 0 heterocycles. The summed E-state index contributed by atoms with van der Waals surface area (Å²) in [5.74, 6) is 1.47. The molecule has 3 heteroatoms. The third kappa shape index (κ3) is 5.26. The van der Waals surface area contributed by atoms with Crippen molar-refractivity contribution in [3.05, 3.63) is 47.5 Å². The number of allylic oxidation sites excluding steroid dienone is 2. The quantitative estimate of drug-likeness (QED) is 0.430. The summed E-state index contributed by atoms with van der Waals surface area (Å²) in [5.41, 5.74) is 0.971. The summed E-state index contributed by atoms with van der Waals surface area (Å²) >= 11 is 0. The van der Waals surface area contributed by atoms with Crippen LogP contribution in [0.3, 0.4) is 0 Å². The third-order valence-corrected chi connectivity index (χ3v) is 7.82. The van der Waals surface area contributed by atoms with E-state index in [1.165, 1.54) is 50.7 Å². The van der Waals surface area contributed by atoms with Crippen molar-refractivity contribution in [1.29, 1.82) is 0 Å². The molecule has 0 aromatic heterocycles. The first-order valence-electron chi connectivity index (χ1n) is 10.3.